The van der Waals surface area contributed by atoms with Gasteiger partial charge in [0.1, 0.15) is 6.29 Å². The standard InChI is InChI=1S/C29H57ClO/c1-3-5-6-7-8-9-10-11-12-13-14-15-16-17-18-19-20-21-22-24-28(27-31)25-26-29(30)23-4-2/h27-29H,3-26H2,1-2H3. The van der Waals surface area contributed by atoms with Gasteiger partial charge >= 0.3 is 0 Å². The number of hydrogen-bond donors (Lipinski definition) is 0. The number of unbranched alkanes of at least 4 members (excludes halogenated alkanes) is 18. The van der Waals surface area contributed by atoms with Crippen LogP contribution in [0.5, 0.6) is 0 Å². The molecule has 0 aromatic heterocycles. The molecular formula is C29H57ClO. The van der Waals surface area contributed by atoms with Gasteiger partial charge in [0.15, 0.2) is 0 Å². The molecule has 0 radical (unpaired) electrons. The first kappa shape index (κ1) is 31.0. The summed E-state index contributed by atoms with van der Waals surface area (Å²) in [4.78, 5) is 11.3. The van der Waals surface area contributed by atoms with Crippen LogP contribution >= 0.6 is 11.6 Å². The van der Waals surface area contributed by atoms with Gasteiger partial charge < -0.3 is 4.79 Å². The molecular weight excluding hydrogens is 400 g/mol. The quantitative estimate of drug-likeness (QED) is 0.0717. The van der Waals surface area contributed by atoms with Crippen molar-refractivity contribution in [3.63, 3.8) is 0 Å². The molecule has 31 heavy (non-hydrogen) atoms. The van der Waals surface area contributed by atoms with E-state index in [4.69, 9.17) is 11.6 Å². The molecule has 2 unspecified atom stereocenters. The van der Waals surface area contributed by atoms with Crippen LogP contribution < -0.4 is 0 Å². The maximum Gasteiger partial charge on any atom is 0.123 e. The SMILES string of the molecule is CCCCCCCCCCCCCCCCCCCCCC(C=O)CCC(Cl)CCC. The Bertz CT molecular complexity index is 344. The van der Waals surface area contributed by atoms with Gasteiger partial charge in [-0.2, -0.15) is 0 Å². The molecule has 2 heteroatoms. The number of rotatable bonds is 26. The van der Waals surface area contributed by atoms with Gasteiger partial charge in [0.05, 0.1) is 0 Å². The molecule has 0 saturated heterocycles. The number of halogens is 1. The van der Waals surface area contributed by atoms with Gasteiger partial charge in [-0.15, -0.1) is 11.6 Å². The van der Waals surface area contributed by atoms with Crippen LogP contribution in [0.4, 0.5) is 0 Å². The molecule has 0 amide bonds. The minimum absolute atomic E-state index is 0.240. The van der Waals surface area contributed by atoms with Crippen LogP contribution in [0.15, 0.2) is 0 Å². The van der Waals surface area contributed by atoms with E-state index in [9.17, 15) is 4.79 Å². The van der Waals surface area contributed by atoms with E-state index >= 15 is 0 Å². The summed E-state index contributed by atoms with van der Waals surface area (Å²) >= 11 is 6.28. The third-order valence-corrected chi connectivity index (χ3v) is 7.26. The fourth-order valence-corrected chi connectivity index (χ4v) is 4.96. The number of hydrogen-bond acceptors (Lipinski definition) is 1. The Morgan fingerprint density at radius 2 is 0.871 bits per heavy atom. The van der Waals surface area contributed by atoms with Crippen LogP contribution in [0.1, 0.15) is 168 Å². The van der Waals surface area contributed by atoms with E-state index in [1.807, 2.05) is 0 Å². The zero-order valence-corrected chi connectivity index (χ0v) is 22.2. The zero-order chi connectivity index (χ0) is 22.8. The molecule has 0 bridgehead atoms. The van der Waals surface area contributed by atoms with Crippen molar-refractivity contribution in [3.8, 4) is 0 Å². The van der Waals surface area contributed by atoms with Crippen molar-refractivity contribution < 1.29 is 4.79 Å². The average Bonchev–Trinajstić information content (AvgIpc) is 2.77. The lowest BCUT2D eigenvalue weighted by Gasteiger charge is -2.12. The maximum atomic E-state index is 11.3. The Labute approximate surface area is 201 Å². The summed E-state index contributed by atoms with van der Waals surface area (Å²) in [5.74, 6) is 0.240. The van der Waals surface area contributed by atoms with Gasteiger partial charge in [-0.25, -0.2) is 0 Å². The van der Waals surface area contributed by atoms with Crippen molar-refractivity contribution in [2.45, 2.75) is 173 Å². The second-order valence-electron chi connectivity index (χ2n) is 10.0. The average molecular weight is 457 g/mol. The second-order valence-corrected chi connectivity index (χ2v) is 10.6. The van der Waals surface area contributed by atoms with Crippen molar-refractivity contribution in [2.75, 3.05) is 0 Å². The van der Waals surface area contributed by atoms with E-state index in [1.54, 1.807) is 0 Å². The van der Waals surface area contributed by atoms with E-state index in [1.165, 1.54) is 128 Å². The van der Waals surface area contributed by atoms with Crippen LogP contribution in [-0.2, 0) is 4.79 Å². The summed E-state index contributed by atoms with van der Waals surface area (Å²) in [7, 11) is 0. The highest BCUT2D eigenvalue weighted by Crippen LogP contribution is 2.20. The summed E-state index contributed by atoms with van der Waals surface area (Å²) in [6.07, 6.45) is 33.3. The monoisotopic (exact) mass is 456 g/mol. The van der Waals surface area contributed by atoms with Gasteiger partial charge in [0.2, 0.25) is 0 Å². The molecule has 0 rings (SSSR count). The first-order valence-electron chi connectivity index (χ1n) is 14.3. The molecule has 0 spiro atoms. The van der Waals surface area contributed by atoms with Gasteiger partial charge in [-0.1, -0.05) is 142 Å². The number of aldehydes is 1. The molecule has 0 aliphatic rings. The molecule has 0 aliphatic carbocycles. The maximum absolute atomic E-state index is 11.3. The molecule has 0 fully saturated rings. The number of carbonyl (C=O) groups is 1. The lowest BCUT2D eigenvalue weighted by molar-refractivity contribution is -0.111. The normalized spacial score (nSPS) is 13.4. The largest absolute Gasteiger partial charge is 0.303 e. The summed E-state index contributed by atoms with van der Waals surface area (Å²) in [6.45, 7) is 4.47. The summed E-state index contributed by atoms with van der Waals surface area (Å²) in [5.41, 5.74) is 0. The number of carbonyl (C=O) groups excluding carboxylic acids is 1. The van der Waals surface area contributed by atoms with Crippen molar-refractivity contribution in [1.29, 1.82) is 0 Å². The van der Waals surface area contributed by atoms with E-state index < -0.39 is 0 Å². The Morgan fingerprint density at radius 1 is 0.484 bits per heavy atom. The molecule has 0 N–H and O–H groups in total. The topological polar surface area (TPSA) is 17.1 Å². The molecule has 0 aromatic rings. The van der Waals surface area contributed by atoms with Crippen LogP contribution in [0.2, 0.25) is 0 Å². The van der Waals surface area contributed by atoms with Gasteiger partial charge in [-0.3, -0.25) is 0 Å². The van der Waals surface area contributed by atoms with E-state index in [0.29, 0.717) is 0 Å². The lowest BCUT2D eigenvalue weighted by Crippen LogP contribution is -2.06. The summed E-state index contributed by atoms with van der Waals surface area (Å²) in [6, 6.07) is 0. The zero-order valence-electron chi connectivity index (χ0n) is 21.5. The minimum atomic E-state index is 0.240. The summed E-state index contributed by atoms with van der Waals surface area (Å²) < 4.78 is 0. The molecule has 0 saturated carbocycles. The predicted octanol–water partition coefficient (Wildman–Crippen LogP) is 10.8. The lowest BCUT2D eigenvalue weighted by atomic mass is 9.95. The predicted molar refractivity (Wildman–Crippen MR) is 141 cm³/mol. The Morgan fingerprint density at radius 3 is 1.23 bits per heavy atom. The molecule has 0 aromatic carbocycles. The molecule has 0 aliphatic heterocycles. The third kappa shape index (κ3) is 24.4. The minimum Gasteiger partial charge on any atom is -0.303 e. The second kappa shape index (κ2) is 26.2. The van der Waals surface area contributed by atoms with Crippen LogP contribution in [0.3, 0.4) is 0 Å². The Balaban J connectivity index is 3.23. The highest BCUT2D eigenvalue weighted by Gasteiger charge is 2.10. The highest BCUT2D eigenvalue weighted by molar-refractivity contribution is 6.20. The van der Waals surface area contributed by atoms with Crippen molar-refractivity contribution >= 4 is 17.9 Å². The van der Waals surface area contributed by atoms with Crippen LogP contribution in [0.25, 0.3) is 0 Å². The number of alkyl halides is 1. The smallest absolute Gasteiger partial charge is 0.123 e. The Kier molecular flexibility index (Phi) is 26.2. The molecule has 0 heterocycles. The van der Waals surface area contributed by atoms with E-state index in [-0.39, 0.29) is 11.3 Å². The molecule has 1 nitrogen and oxygen atoms in total. The van der Waals surface area contributed by atoms with Gasteiger partial charge in [0, 0.05) is 11.3 Å². The fourth-order valence-electron chi connectivity index (χ4n) is 4.62. The first-order chi connectivity index (χ1) is 15.2. The first-order valence-corrected chi connectivity index (χ1v) is 14.8. The van der Waals surface area contributed by atoms with Crippen molar-refractivity contribution in [1.82, 2.24) is 0 Å². The van der Waals surface area contributed by atoms with Gasteiger partial charge in [0.25, 0.3) is 0 Å². The third-order valence-electron chi connectivity index (χ3n) is 6.82. The fraction of sp³-hybridized carbons (Fsp3) is 0.966. The van der Waals surface area contributed by atoms with E-state index in [0.717, 1.165) is 32.1 Å². The molecule has 2 atom stereocenters. The molecule has 186 valence electrons. The highest BCUT2D eigenvalue weighted by atomic mass is 35.5. The summed E-state index contributed by atoms with van der Waals surface area (Å²) in [5, 5.41) is 0.262. The van der Waals surface area contributed by atoms with Crippen LogP contribution in [0, 0.1) is 5.92 Å². The van der Waals surface area contributed by atoms with Crippen molar-refractivity contribution in [3.05, 3.63) is 0 Å². The van der Waals surface area contributed by atoms with E-state index in [2.05, 4.69) is 13.8 Å². The van der Waals surface area contributed by atoms with Gasteiger partial charge in [-0.05, 0) is 25.7 Å². The Hall–Kier alpha value is -0.0400. The van der Waals surface area contributed by atoms with Crippen LogP contribution in [-0.4, -0.2) is 11.7 Å². The van der Waals surface area contributed by atoms with Crippen molar-refractivity contribution in [2.24, 2.45) is 5.92 Å².